The Kier molecular flexibility index (Phi) is 7.49. The molecule has 0 saturated heterocycles. The third-order valence-electron chi connectivity index (χ3n) is 10.9. The van der Waals surface area contributed by atoms with Gasteiger partial charge in [-0.25, -0.2) is 9.98 Å². The smallest absolute Gasteiger partial charge is 0.159 e. The Hall–Kier alpha value is -7.50. The highest BCUT2D eigenvalue weighted by Gasteiger charge is 2.23. The average molecular weight is 718 g/mol. The standard InChI is InChI=1S/C51H35N5/c1-4-16-34(17-5-1)36-20-14-21-37(30-36)50-52-49(35-18-6-2-7-19-35)53-51(54-50)38-22-15-25-40(31-38)56-46-29-13-11-27-42(46)44-32-43-41-26-10-12-28-45(41)55(47(43)33-48(44)56)39-23-8-3-9-24-39/h1-33,50H,(H,52,53,54). The molecule has 264 valence electrons. The molecule has 1 aliphatic rings. The predicted octanol–water partition coefficient (Wildman–Crippen LogP) is 12.0. The highest BCUT2D eigenvalue weighted by molar-refractivity contribution is 6.19. The minimum Gasteiger partial charge on any atom is -0.344 e. The molecule has 56 heavy (non-hydrogen) atoms. The van der Waals surface area contributed by atoms with Gasteiger partial charge in [-0.15, -0.1) is 0 Å². The second-order valence-electron chi connectivity index (χ2n) is 14.3. The fraction of sp³-hybridized carbons (Fsp3) is 0.0196. The van der Waals surface area contributed by atoms with Crippen molar-refractivity contribution in [3.63, 3.8) is 0 Å². The first-order valence-electron chi connectivity index (χ1n) is 19.0. The van der Waals surface area contributed by atoms with Crippen molar-refractivity contribution in [3.05, 3.63) is 217 Å². The summed E-state index contributed by atoms with van der Waals surface area (Å²) >= 11 is 0. The average Bonchev–Trinajstić information content (AvgIpc) is 3.78. The van der Waals surface area contributed by atoms with E-state index in [9.17, 15) is 0 Å². The normalized spacial score (nSPS) is 14.2. The van der Waals surface area contributed by atoms with Crippen LogP contribution in [0.25, 0.3) is 66.1 Å². The summed E-state index contributed by atoms with van der Waals surface area (Å²) in [5, 5.41) is 8.65. The van der Waals surface area contributed by atoms with Gasteiger partial charge in [-0.1, -0.05) is 146 Å². The van der Waals surface area contributed by atoms with Gasteiger partial charge in [0.2, 0.25) is 0 Å². The molecule has 0 saturated carbocycles. The van der Waals surface area contributed by atoms with Crippen molar-refractivity contribution in [3.8, 4) is 22.5 Å². The van der Waals surface area contributed by atoms with Crippen molar-refractivity contribution < 1.29 is 0 Å². The highest BCUT2D eigenvalue weighted by Crippen LogP contribution is 2.39. The largest absolute Gasteiger partial charge is 0.344 e. The quantitative estimate of drug-likeness (QED) is 0.183. The summed E-state index contributed by atoms with van der Waals surface area (Å²) in [6.07, 6.45) is -0.327. The van der Waals surface area contributed by atoms with Crippen LogP contribution in [0.2, 0.25) is 0 Å². The number of hydrogen-bond donors (Lipinski definition) is 1. The molecule has 1 atom stereocenters. The highest BCUT2D eigenvalue weighted by atomic mass is 15.2. The summed E-state index contributed by atoms with van der Waals surface area (Å²) in [6, 6.07) is 71.0. The summed E-state index contributed by atoms with van der Waals surface area (Å²) in [4.78, 5) is 10.4. The van der Waals surface area contributed by atoms with Gasteiger partial charge in [0.1, 0.15) is 12.0 Å². The van der Waals surface area contributed by atoms with Crippen molar-refractivity contribution in [2.75, 3.05) is 0 Å². The molecule has 0 amide bonds. The van der Waals surface area contributed by atoms with E-state index in [1.807, 2.05) is 24.3 Å². The molecule has 2 aromatic heterocycles. The Morgan fingerprint density at radius 1 is 0.375 bits per heavy atom. The Morgan fingerprint density at radius 3 is 1.61 bits per heavy atom. The molecule has 5 heteroatoms. The van der Waals surface area contributed by atoms with E-state index in [2.05, 4.69) is 190 Å². The summed E-state index contributed by atoms with van der Waals surface area (Å²) < 4.78 is 4.79. The van der Waals surface area contributed by atoms with Crippen LogP contribution in [-0.2, 0) is 0 Å². The van der Waals surface area contributed by atoms with Gasteiger partial charge in [-0.05, 0) is 71.3 Å². The fourth-order valence-electron chi connectivity index (χ4n) is 8.36. The second-order valence-corrected chi connectivity index (χ2v) is 14.3. The van der Waals surface area contributed by atoms with Gasteiger partial charge in [0.25, 0.3) is 0 Å². The Balaban J connectivity index is 1.08. The lowest BCUT2D eigenvalue weighted by molar-refractivity contribution is 0.674. The molecule has 8 aromatic carbocycles. The van der Waals surface area contributed by atoms with E-state index < -0.39 is 0 Å². The van der Waals surface area contributed by atoms with Gasteiger partial charge in [0, 0.05) is 44.0 Å². The van der Waals surface area contributed by atoms with Crippen molar-refractivity contribution in [2.45, 2.75) is 6.17 Å². The maximum absolute atomic E-state index is 5.18. The zero-order valence-electron chi connectivity index (χ0n) is 30.4. The number of hydrogen-bond acceptors (Lipinski definition) is 3. The first-order chi connectivity index (χ1) is 27.8. The number of benzene rings is 8. The summed E-state index contributed by atoms with van der Waals surface area (Å²) in [5.41, 5.74) is 12.2. The van der Waals surface area contributed by atoms with Crippen LogP contribution in [0.5, 0.6) is 0 Å². The molecule has 1 N–H and O–H groups in total. The zero-order valence-corrected chi connectivity index (χ0v) is 30.4. The van der Waals surface area contributed by atoms with Crippen LogP contribution in [0.3, 0.4) is 0 Å². The molecule has 0 radical (unpaired) electrons. The minimum atomic E-state index is -0.327. The van der Waals surface area contributed by atoms with Gasteiger partial charge in [-0.3, -0.25) is 0 Å². The maximum atomic E-state index is 5.18. The molecule has 1 unspecified atom stereocenters. The Morgan fingerprint density at radius 2 is 0.911 bits per heavy atom. The van der Waals surface area contributed by atoms with Crippen molar-refractivity contribution in [1.82, 2.24) is 14.5 Å². The third kappa shape index (κ3) is 5.32. The molecule has 1 aliphatic heterocycles. The molecule has 0 bridgehead atoms. The monoisotopic (exact) mass is 717 g/mol. The molecule has 3 heterocycles. The van der Waals surface area contributed by atoms with E-state index in [-0.39, 0.29) is 6.17 Å². The maximum Gasteiger partial charge on any atom is 0.159 e. The lowest BCUT2D eigenvalue weighted by Crippen LogP contribution is -2.33. The first-order valence-corrected chi connectivity index (χ1v) is 19.0. The van der Waals surface area contributed by atoms with Crippen molar-refractivity contribution in [2.24, 2.45) is 9.98 Å². The number of aromatic nitrogens is 2. The van der Waals surface area contributed by atoms with Crippen molar-refractivity contribution in [1.29, 1.82) is 0 Å². The number of nitrogens with zero attached hydrogens (tertiary/aromatic N) is 4. The van der Waals surface area contributed by atoms with Gasteiger partial charge < -0.3 is 14.5 Å². The summed E-state index contributed by atoms with van der Waals surface area (Å²) in [6.45, 7) is 0. The Labute approximate surface area is 324 Å². The number of nitrogens with one attached hydrogen (secondary N) is 1. The van der Waals surface area contributed by atoms with E-state index >= 15 is 0 Å². The molecule has 5 nitrogen and oxygen atoms in total. The summed E-state index contributed by atoms with van der Waals surface area (Å²) in [7, 11) is 0. The lowest BCUT2D eigenvalue weighted by atomic mass is 10.0. The van der Waals surface area contributed by atoms with Crippen LogP contribution in [0.4, 0.5) is 0 Å². The van der Waals surface area contributed by atoms with E-state index in [0.717, 1.165) is 50.5 Å². The number of amidine groups is 2. The zero-order chi connectivity index (χ0) is 37.0. The van der Waals surface area contributed by atoms with Crippen LogP contribution in [0, 0.1) is 0 Å². The summed E-state index contributed by atoms with van der Waals surface area (Å²) in [5.74, 6) is 1.48. The van der Waals surface area contributed by atoms with Crippen LogP contribution >= 0.6 is 0 Å². The molecule has 0 fully saturated rings. The van der Waals surface area contributed by atoms with Gasteiger partial charge in [-0.2, -0.15) is 0 Å². The van der Waals surface area contributed by atoms with E-state index in [1.54, 1.807) is 0 Å². The van der Waals surface area contributed by atoms with E-state index in [0.29, 0.717) is 5.84 Å². The van der Waals surface area contributed by atoms with E-state index in [1.165, 1.54) is 38.1 Å². The molecule has 10 aromatic rings. The number of rotatable bonds is 6. The van der Waals surface area contributed by atoms with Gasteiger partial charge in [0.05, 0.1) is 22.1 Å². The van der Waals surface area contributed by atoms with Crippen LogP contribution in [-0.4, -0.2) is 20.8 Å². The van der Waals surface area contributed by atoms with E-state index in [4.69, 9.17) is 9.98 Å². The SMILES string of the molecule is c1ccc(C2=NC(c3cccc(-c4ccccc4)c3)NC(c3cccc(-n4c5ccccc5c5cc6c7ccccc7n(-c7ccccc7)c6cc54)c3)=N2)cc1. The first kappa shape index (κ1) is 32.0. The predicted molar refractivity (Wildman–Crippen MR) is 232 cm³/mol. The number of para-hydroxylation sites is 3. The minimum absolute atomic E-state index is 0.327. The van der Waals surface area contributed by atoms with Gasteiger partial charge >= 0.3 is 0 Å². The molecule has 11 rings (SSSR count). The van der Waals surface area contributed by atoms with Crippen LogP contribution in [0.15, 0.2) is 210 Å². The van der Waals surface area contributed by atoms with Crippen molar-refractivity contribution >= 4 is 55.3 Å². The number of fused-ring (bicyclic) bond motifs is 6. The number of aliphatic imine (C=N–C) groups is 2. The molecule has 0 spiro atoms. The van der Waals surface area contributed by atoms with Gasteiger partial charge in [0.15, 0.2) is 5.84 Å². The third-order valence-corrected chi connectivity index (χ3v) is 10.9. The fourth-order valence-corrected chi connectivity index (χ4v) is 8.36. The Bertz CT molecular complexity index is 3150. The molecule has 0 aliphatic carbocycles. The van der Waals surface area contributed by atoms with Crippen LogP contribution in [0.1, 0.15) is 22.9 Å². The molecular formula is C51H35N5. The molecular weight excluding hydrogens is 683 g/mol. The van der Waals surface area contributed by atoms with Crippen LogP contribution < -0.4 is 5.32 Å². The lowest BCUT2D eigenvalue weighted by Gasteiger charge is -2.24. The topological polar surface area (TPSA) is 46.6 Å². The second kappa shape index (κ2) is 13.1.